The fourth-order valence-electron chi connectivity index (χ4n) is 1.93. The molecule has 26 heavy (non-hydrogen) atoms. The Morgan fingerprint density at radius 3 is 2.42 bits per heavy atom. The summed E-state index contributed by atoms with van der Waals surface area (Å²) in [6.07, 6.45) is 1.33. The monoisotopic (exact) mass is 419 g/mol. The van der Waals surface area contributed by atoms with Crippen LogP contribution in [-0.4, -0.2) is 35.6 Å². The Bertz CT molecular complexity index is 809. The van der Waals surface area contributed by atoms with Crippen LogP contribution in [0.15, 0.2) is 41.6 Å². The number of hydrogen-bond donors (Lipinski definition) is 2. The summed E-state index contributed by atoms with van der Waals surface area (Å²) < 4.78 is 25.0. The molecular weight excluding hydrogens is 407 g/mol. The van der Waals surface area contributed by atoms with Gasteiger partial charge in [-0.05, 0) is 42.1 Å². The molecule has 0 radical (unpaired) electrons. The number of benzene rings is 1. The summed E-state index contributed by atoms with van der Waals surface area (Å²) in [4.78, 5) is 27.8. The van der Waals surface area contributed by atoms with E-state index in [1.165, 1.54) is 36.5 Å². The van der Waals surface area contributed by atoms with Crippen LogP contribution in [0.3, 0.4) is 0 Å². The van der Waals surface area contributed by atoms with E-state index in [-0.39, 0.29) is 46.4 Å². The number of hydrogen-bond acceptors (Lipinski definition) is 4. The highest BCUT2D eigenvalue weighted by atomic mass is 35.5. The zero-order chi connectivity index (χ0) is 19.1. The van der Waals surface area contributed by atoms with E-state index in [0.717, 1.165) is 0 Å². The molecule has 0 atom stereocenters. The second kappa shape index (κ2) is 9.70. The Kier molecular flexibility index (Phi) is 7.62. The molecule has 0 unspecified atom stereocenters. The molecule has 2 amide bonds. The number of alkyl halides is 2. The van der Waals surface area contributed by atoms with Crippen molar-refractivity contribution in [2.45, 2.75) is 10.8 Å². The highest BCUT2D eigenvalue weighted by Crippen LogP contribution is 2.26. The maximum absolute atomic E-state index is 12.5. The van der Waals surface area contributed by atoms with Gasteiger partial charge in [-0.3, -0.25) is 9.59 Å². The number of halogens is 4. The lowest BCUT2D eigenvalue weighted by Crippen LogP contribution is -2.35. The van der Waals surface area contributed by atoms with Gasteiger partial charge in [0.05, 0.1) is 15.6 Å². The van der Waals surface area contributed by atoms with Crippen LogP contribution in [0, 0.1) is 0 Å². The molecule has 10 heteroatoms. The Labute approximate surface area is 162 Å². The van der Waals surface area contributed by atoms with Crippen LogP contribution in [0.4, 0.5) is 8.78 Å². The van der Waals surface area contributed by atoms with Crippen LogP contribution in [0.5, 0.6) is 0 Å². The number of carbonyl (C=O) groups is 2. The Balaban J connectivity index is 1.85. The van der Waals surface area contributed by atoms with Crippen LogP contribution in [0.25, 0.3) is 0 Å². The topological polar surface area (TPSA) is 71.1 Å². The predicted octanol–water partition coefficient (Wildman–Crippen LogP) is 3.86. The van der Waals surface area contributed by atoms with Crippen molar-refractivity contribution >= 4 is 46.8 Å². The van der Waals surface area contributed by atoms with Crippen molar-refractivity contribution < 1.29 is 18.4 Å². The molecule has 1 aromatic heterocycles. The molecule has 0 aliphatic heterocycles. The van der Waals surface area contributed by atoms with Crippen LogP contribution < -0.4 is 10.6 Å². The van der Waals surface area contributed by atoms with E-state index < -0.39 is 11.7 Å². The van der Waals surface area contributed by atoms with E-state index in [2.05, 4.69) is 15.6 Å². The minimum atomic E-state index is -2.68. The first-order chi connectivity index (χ1) is 12.4. The predicted molar refractivity (Wildman–Crippen MR) is 97.2 cm³/mol. The summed E-state index contributed by atoms with van der Waals surface area (Å²) in [5.41, 5.74) is 0.377. The Morgan fingerprint density at radius 2 is 1.77 bits per heavy atom. The first-order valence-electron chi connectivity index (χ1n) is 7.29. The SMILES string of the molecule is O=C(NCCNC(=O)c1cccnc1SC(F)F)c1ccc(Cl)c(Cl)c1. The molecule has 138 valence electrons. The Morgan fingerprint density at radius 1 is 1.08 bits per heavy atom. The average Bonchev–Trinajstić information content (AvgIpc) is 2.60. The zero-order valence-electron chi connectivity index (χ0n) is 13.1. The summed E-state index contributed by atoms with van der Waals surface area (Å²) in [6, 6.07) is 7.34. The molecular formula is C16H13Cl2F2N3O2S. The third kappa shape index (κ3) is 5.82. The molecule has 1 aromatic carbocycles. The first-order valence-corrected chi connectivity index (χ1v) is 8.93. The van der Waals surface area contributed by atoms with Gasteiger partial charge in [-0.25, -0.2) is 4.98 Å². The average molecular weight is 420 g/mol. The summed E-state index contributed by atoms with van der Waals surface area (Å²) in [5.74, 6) is -3.61. The highest BCUT2D eigenvalue weighted by molar-refractivity contribution is 7.99. The second-order valence-corrected chi connectivity index (χ2v) is 6.67. The van der Waals surface area contributed by atoms with Gasteiger partial charge >= 0.3 is 0 Å². The standard InChI is InChI=1S/C16H13Cl2F2N3O2S/c17-11-4-3-9(8-12(11)18)13(24)21-6-7-22-14(25)10-2-1-5-23-15(10)26-16(19)20/h1-5,8,16H,6-7H2,(H,21,24)(H,22,25). The molecule has 0 aliphatic rings. The summed E-state index contributed by atoms with van der Waals surface area (Å²) in [5, 5.41) is 5.68. The van der Waals surface area contributed by atoms with Crippen molar-refractivity contribution in [3.05, 3.63) is 57.7 Å². The number of thioether (sulfide) groups is 1. The molecule has 0 fully saturated rings. The van der Waals surface area contributed by atoms with Gasteiger partial charge in [0.2, 0.25) is 0 Å². The molecule has 2 rings (SSSR count). The lowest BCUT2D eigenvalue weighted by atomic mass is 10.2. The van der Waals surface area contributed by atoms with E-state index in [9.17, 15) is 18.4 Å². The molecule has 5 nitrogen and oxygen atoms in total. The number of nitrogens with one attached hydrogen (secondary N) is 2. The van der Waals surface area contributed by atoms with E-state index in [1.807, 2.05) is 0 Å². The van der Waals surface area contributed by atoms with E-state index in [1.54, 1.807) is 0 Å². The molecule has 0 bridgehead atoms. The van der Waals surface area contributed by atoms with Gasteiger partial charge in [0.1, 0.15) is 5.03 Å². The minimum Gasteiger partial charge on any atom is -0.350 e. The van der Waals surface area contributed by atoms with Crippen molar-refractivity contribution in [1.82, 2.24) is 15.6 Å². The van der Waals surface area contributed by atoms with Crippen LogP contribution in [0.1, 0.15) is 20.7 Å². The van der Waals surface area contributed by atoms with Gasteiger partial charge in [-0.1, -0.05) is 23.2 Å². The van der Waals surface area contributed by atoms with Crippen molar-refractivity contribution in [2.75, 3.05) is 13.1 Å². The van der Waals surface area contributed by atoms with E-state index in [0.29, 0.717) is 10.6 Å². The molecule has 0 spiro atoms. The van der Waals surface area contributed by atoms with Crippen molar-refractivity contribution in [2.24, 2.45) is 0 Å². The third-order valence-electron chi connectivity index (χ3n) is 3.09. The summed E-state index contributed by atoms with van der Waals surface area (Å²) in [7, 11) is 0. The lowest BCUT2D eigenvalue weighted by Gasteiger charge is -2.10. The minimum absolute atomic E-state index is 0.0496. The number of nitrogens with zero attached hydrogens (tertiary/aromatic N) is 1. The van der Waals surface area contributed by atoms with Gasteiger partial charge in [0.25, 0.3) is 17.6 Å². The quantitative estimate of drug-likeness (QED) is 0.527. The highest BCUT2D eigenvalue weighted by Gasteiger charge is 2.16. The van der Waals surface area contributed by atoms with Crippen molar-refractivity contribution in [3.63, 3.8) is 0 Å². The smallest absolute Gasteiger partial charge is 0.290 e. The van der Waals surface area contributed by atoms with Crippen molar-refractivity contribution in [1.29, 1.82) is 0 Å². The van der Waals surface area contributed by atoms with Gasteiger partial charge in [-0.15, -0.1) is 0 Å². The van der Waals surface area contributed by atoms with Gasteiger partial charge in [-0.2, -0.15) is 8.78 Å². The van der Waals surface area contributed by atoms with Gasteiger partial charge in [0, 0.05) is 24.8 Å². The molecule has 2 N–H and O–H groups in total. The molecule has 0 saturated heterocycles. The summed E-state index contributed by atoms with van der Waals surface area (Å²) >= 11 is 11.8. The zero-order valence-corrected chi connectivity index (χ0v) is 15.5. The van der Waals surface area contributed by atoms with Gasteiger partial charge in [0.15, 0.2) is 0 Å². The van der Waals surface area contributed by atoms with Crippen molar-refractivity contribution in [3.8, 4) is 0 Å². The molecule has 1 heterocycles. The number of pyridine rings is 1. The van der Waals surface area contributed by atoms with Gasteiger partial charge < -0.3 is 10.6 Å². The number of rotatable bonds is 7. The molecule has 2 aromatic rings. The van der Waals surface area contributed by atoms with E-state index in [4.69, 9.17) is 23.2 Å². The second-order valence-electron chi connectivity index (χ2n) is 4.88. The largest absolute Gasteiger partial charge is 0.350 e. The van der Waals surface area contributed by atoms with Crippen LogP contribution in [-0.2, 0) is 0 Å². The molecule has 0 aliphatic carbocycles. The Hall–Kier alpha value is -1.90. The third-order valence-corrected chi connectivity index (χ3v) is 4.56. The number of amides is 2. The fraction of sp³-hybridized carbons (Fsp3) is 0.188. The van der Waals surface area contributed by atoms with Crippen LogP contribution >= 0.6 is 35.0 Å². The lowest BCUT2D eigenvalue weighted by molar-refractivity contribution is 0.0925. The normalized spacial score (nSPS) is 10.7. The number of aromatic nitrogens is 1. The maximum atomic E-state index is 12.5. The summed E-state index contributed by atoms with van der Waals surface area (Å²) in [6.45, 7) is 0.252. The van der Waals surface area contributed by atoms with E-state index >= 15 is 0 Å². The molecule has 0 saturated carbocycles. The number of carbonyl (C=O) groups excluding carboxylic acids is 2. The fourth-order valence-corrected chi connectivity index (χ4v) is 2.80. The van der Waals surface area contributed by atoms with Crippen LogP contribution in [0.2, 0.25) is 10.0 Å². The first kappa shape index (κ1) is 20.4. The maximum Gasteiger partial charge on any atom is 0.290 e.